The summed E-state index contributed by atoms with van der Waals surface area (Å²) in [7, 11) is -1.34. The zero-order valence-corrected chi connectivity index (χ0v) is 28.9. The Bertz CT molecular complexity index is 1520. The third kappa shape index (κ3) is 7.91. The standard InChI is InChI=1S/C37H41IO5Si/c1-37(2,3)44(30-18-10-6-11-19-30,31-20-12-7-13-21-31)43-26-27(23-34(40)28-16-8-5-9-17-28)15-14-22-33(39)29-24-32(38)36(41)35(25-29)42-4/h5-14,16-21,24-25,33-34,39-41H,22-23,26H2,1-4H3/t15?,33-,34-/m1/s1. The van der Waals surface area contributed by atoms with Crippen LogP contribution in [-0.4, -0.2) is 37.4 Å². The van der Waals surface area contributed by atoms with Crippen LogP contribution in [0.25, 0.3) is 0 Å². The average molecular weight is 721 g/mol. The van der Waals surface area contributed by atoms with Gasteiger partial charge in [-0.05, 0) is 72.9 Å². The van der Waals surface area contributed by atoms with E-state index in [2.05, 4.69) is 75.0 Å². The molecule has 0 heterocycles. The Morgan fingerprint density at radius 1 is 0.841 bits per heavy atom. The molecule has 7 heteroatoms. The predicted octanol–water partition coefficient (Wildman–Crippen LogP) is 7.21. The highest BCUT2D eigenvalue weighted by Gasteiger charge is 2.50. The zero-order valence-electron chi connectivity index (χ0n) is 25.7. The van der Waals surface area contributed by atoms with Gasteiger partial charge in [-0.2, -0.15) is 0 Å². The summed E-state index contributed by atoms with van der Waals surface area (Å²) in [6, 6.07) is 33.9. The van der Waals surface area contributed by atoms with Crippen molar-refractivity contribution in [2.45, 2.75) is 50.9 Å². The van der Waals surface area contributed by atoms with Crippen LogP contribution in [0.2, 0.25) is 5.04 Å². The number of aliphatic hydroxyl groups excluding tert-OH is 2. The van der Waals surface area contributed by atoms with Crippen LogP contribution >= 0.6 is 22.6 Å². The van der Waals surface area contributed by atoms with Crippen molar-refractivity contribution < 1.29 is 24.5 Å². The molecule has 0 aromatic heterocycles. The number of phenols is 1. The van der Waals surface area contributed by atoms with E-state index in [1.807, 2.05) is 65.1 Å². The first-order valence-corrected chi connectivity index (χ1v) is 17.7. The molecule has 3 N–H and O–H groups in total. The van der Waals surface area contributed by atoms with Gasteiger partial charge in [0.05, 0.1) is 29.5 Å². The number of hydrogen-bond donors (Lipinski definition) is 3. The Morgan fingerprint density at radius 2 is 1.39 bits per heavy atom. The maximum Gasteiger partial charge on any atom is 0.261 e. The first kappa shape index (κ1) is 33.7. The van der Waals surface area contributed by atoms with Crippen molar-refractivity contribution in [3.8, 4) is 11.5 Å². The molecule has 0 aliphatic rings. The highest BCUT2D eigenvalue weighted by molar-refractivity contribution is 14.1. The van der Waals surface area contributed by atoms with Crippen molar-refractivity contribution in [1.82, 2.24) is 0 Å². The van der Waals surface area contributed by atoms with E-state index in [1.54, 1.807) is 18.2 Å². The molecular weight excluding hydrogens is 679 g/mol. The molecule has 0 aliphatic heterocycles. The van der Waals surface area contributed by atoms with Crippen molar-refractivity contribution in [2.24, 2.45) is 0 Å². The molecule has 0 fully saturated rings. The molecule has 44 heavy (non-hydrogen) atoms. The summed E-state index contributed by atoms with van der Waals surface area (Å²) in [5.74, 6) is 0.369. The van der Waals surface area contributed by atoms with E-state index in [0.29, 0.717) is 21.3 Å². The van der Waals surface area contributed by atoms with Crippen LogP contribution in [0.4, 0.5) is 0 Å². The van der Waals surface area contributed by atoms with E-state index in [9.17, 15) is 15.3 Å². The molecule has 0 unspecified atom stereocenters. The fourth-order valence-electron chi connectivity index (χ4n) is 5.54. The SMILES string of the molecule is COc1cc([C@H](O)CC=C=C(CO[Si](c2ccccc2)(c2ccccc2)C(C)(C)C)C[C@@H](O)c2ccccc2)cc(I)c1O. The minimum absolute atomic E-state index is 0.0529. The highest BCUT2D eigenvalue weighted by atomic mass is 127. The Kier molecular flexibility index (Phi) is 11.7. The van der Waals surface area contributed by atoms with E-state index in [-0.39, 0.29) is 23.8 Å². The van der Waals surface area contributed by atoms with Gasteiger partial charge in [0, 0.05) is 12.8 Å². The molecule has 5 nitrogen and oxygen atoms in total. The van der Waals surface area contributed by atoms with Crippen molar-refractivity contribution in [3.05, 3.63) is 135 Å². The summed E-state index contributed by atoms with van der Waals surface area (Å²) in [6.45, 7) is 6.98. The van der Waals surface area contributed by atoms with Crippen molar-refractivity contribution in [1.29, 1.82) is 0 Å². The third-order valence-corrected chi connectivity index (χ3v) is 13.6. The van der Waals surface area contributed by atoms with Gasteiger partial charge in [0.15, 0.2) is 11.5 Å². The highest BCUT2D eigenvalue weighted by Crippen LogP contribution is 2.38. The lowest BCUT2D eigenvalue weighted by Crippen LogP contribution is -2.66. The molecule has 0 aliphatic carbocycles. The van der Waals surface area contributed by atoms with Gasteiger partial charge in [0.2, 0.25) is 0 Å². The molecule has 0 radical (unpaired) electrons. The van der Waals surface area contributed by atoms with Gasteiger partial charge >= 0.3 is 0 Å². The monoisotopic (exact) mass is 720 g/mol. The molecule has 4 aromatic carbocycles. The molecule has 0 saturated heterocycles. The topological polar surface area (TPSA) is 79.2 Å². The van der Waals surface area contributed by atoms with Crippen LogP contribution in [0.3, 0.4) is 0 Å². The summed E-state index contributed by atoms with van der Waals surface area (Å²) < 4.78 is 13.0. The van der Waals surface area contributed by atoms with Crippen LogP contribution in [0, 0.1) is 3.57 Å². The van der Waals surface area contributed by atoms with E-state index in [1.165, 1.54) is 17.5 Å². The number of rotatable bonds is 12. The molecule has 0 saturated carbocycles. The van der Waals surface area contributed by atoms with E-state index >= 15 is 0 Å². The summed E-state index contributed by atoms with van der Waals surface area (Å²) in [6.07, 6.45) is 0.859. The van der Waals surface area contributed by atoms with E-state index in [0.717, 1.165) is 11.1 Å². The molecule has 4 aromatic rings. The van der Waals surface area contributed by atoms with Crippen molar-refractivity contribution in [2.75, 3.05) is 13.7 Å². The number of hydrogen-bond acceptors (Lipinski definition) is 5. The van der Waals surface area contributed by atoms with E-state index in [4.69, 9.17) is 9.16 Å². The lowest BCUT2D eigenvalue weighted by atomic mass is 10.0. The van der Waals surface area contributed by atoms with Crippen LogP contribution in [0.5, 0.6) is 11.5 Å². The second-order valence-electron chi connectivity index (χ2n) is 11.8. The summed E-state index contributed by atoms with van der Waals surface area (Å²) in [5, 5.41) is 34.6. The Hall–Kier alpha value is -3.17. The first-order valence-electron chi connectivity index (χ1n) is 14.7. The number of aliphatic hydroxyl groups is 2. The largest absolute Gasteiger partial charge is 0.504 e. The Morgan fingerprint density at radius 3 is 1.91 bits per heavy atom. The molecule has 0 bridgehead atoms. The fraction of sp³-hybridized carbons (Fsp3) is 0.270. The molecule has 0 amide bonds. The number of ether oxygens (including phenoxy) is 1. The lowest BCUT2D eigenvalue weighted by Gasteiger charge is -2.43. The van der Waals surface area contributed by atoms with Gasteiger partial charge in [0.1, 0.15) is 0 Å². The van der Waals surface area contributed by atoms with Crippen LogP contribution in [0.15, 0.2) is 121 Å². The first-order chi connectivity index (χ1) is 21.1. The van der Waals surface area contributed by atoms with Gasteiger partial charge in [-0.3, -0.25) is 0 Å². The molecule has 2 atom stereocenters. The van der Waals surface area contributed by atoms with Crippen LogP contribution < -0.4 is 15.1 Å². The van der Waals surface area contributed by atoms with E-state index < -0.39 is 20.5 Å². The minimum Gasteiger partial charge on any atom is -0.504 e. The minimum atomic E-state index is -2.82. The van der Waals surface area contributed by atoms with Gasteiger partial charge in [-0.15, -0.1) is 5.73 Å². The summed E-state index contributed by atoms with van der Waals surface area (Å²) >= 11 is 2.02. The van der Waals surface area contributed by atoms with Crippen LogP contribution in [0.1, 0.15) is 56.9 Å². The summed E-state index contributed by atoms with van der Waals surface area (Å²) in [5.41, 5.74) is 5.65. The number of benzene rings is 4. The number of halogens is 1. The van der Waals surface area contributed by atoms with Crippen molar-refractivity contribution >= 4 is 41.3 Å². The second-order valence-corrected chi connectivity index (χ2v) is 17.3. The maximum absolute atomic E-state index is 11.2. The average Bonchev–Trinajstić information content (AvgIpc) is 3.03. The number of methoxy groups -OCH3 is 1. The predicted molar refractivity (Wildman–Crippen MR) is 188 cm³/mol. The van der Waals surface area contributed by atoms with Crippen LogP contribution in [-0.2, 0) is 4.43 Å². The summed E-state index contributed by atoms with van der Waals surface area (Å²) in [4.78, 5) is 0. The van der Waals surface area contributed by atoms with Crippen molar-refractivity contribution in [3.63, 3.8) is 0 Å². The maximum atomic E-state index is 11.2. The Balaban J connectivity index is 1.71. The van der Waals surface area contributed by atoms with Gasteiger partial charge < -0.3 is 24.5 Å². The van der Waals surface area contributed by atoms with Gasteiger partial charge in [-0.25, -0.2) is 0 Å². The third-order valence-electron chi connectivity index (χ3n) is 7.81. The van der Waals surface area contributed by atoms with Gasteiger partial charge in [0.25, 0.3) is 8.32 Å². The molecular formula is C37H41IO5Si. The molecule has 4 rings (SSSR count). The zero-order chi connectivity index (χ0) is 31.7. The molecule has 230 valence electrons. The number of phenolic OH excluding ortho intramolecular Hbond substituents is 1. The fourth-order valence-corrected chi connectivity index (χ4v) is 10.7. The number of aromatic hydroxyl groups is 1. The second kappa shape index (κ2) is 15.2. The van der Waals surface area contributed by atoms with Gasteiger partial charge in [-0.1, -0.05) is 112 Å². The quantitative estimate of drug-likeness (QED) is 0.0820. The Labute approximate surface area is 275 Å². The molecule has 0 spiro atoms. The lowest BCUT2D eigenvalue weighted by molar-refractivity contribution is 0.173. The normalized spacial score (nSPS) is 13.1. The smallest absolute Gasteiger partial charge is 0.261 e.